The molecule has 1 saturated heterocycles. The van der Waals surface area contributed by atoms with Crippen molar-refractivity contribution in [3.05, 3.63) is 29.9 Å². The molecule has 0 radical (unpaired) electrons. The summed E-state index contributed by atoms with van der Waals surface area (Å²) >= 11 is 1.17. The van der Waals surface area contributed by atoms with Gasteiger partial charge >= 0.3 is 0 Å². The largest absolute Gasteiger partial charge is 0.341 e. The number of hydrogen-bond donors (Lipinski definition) is 1. The molecule has 2 aromatic heterocycles. The van der Waals surface area contributed by atoms with Crippen molar-refractivity contribution in [3.8, 4) is 0 Å². The van der Waals surface area contributed by atoms with Crippen LogP contribution in [-0.4, -0.2) is 31.5 Å². The molecule has 0 spiro atoms. The fourth-order valence-corrected chi connectivity index (χ4v) is 4.10. The summed E-state index contributed by atoms with van der Waals surface area (Å²) in [7, 11) is -3.53. The minimum atomic E-state index is -3.53. The van der Waals surface area contributed by atoms with E-state index in [0.29, 0.717) is 11.6 Å². The normalized spacial score (nSPS) is 15.5. The van der Waals surface area contributed by atoms with Crippen LogP contribution in [0.1, 0.15) is 12.8 Å². The predicted molar refractivity (Wildman–Crippen MR) is 78.6 cm³/mol. The van der Waals surface area contributed by atoms with Crippen molar-refractivity contribution in [2.24, 2.45) is 0 Å². The zero-order valence-electron chi connectivity index (χ0n) is 10.7. The molecule has 0 bridgehead atoms. The second-order valence-electron chi connectivity index (χ2n) is 4.50. The summed E-state index contributed by atoms with van der Waals surface area (Å²) in [6.45, 7) is 1.92. The molecule has 1 aliphatic rings. The van der Waals surface area contributed by atoms with E-state index in [1.165, 1.54) is 23.7 Å². The Kier molecular flexibility index (Phi) is 3.58. The Balaban J connectivity index is 1.75. The molecule has 3 rings (SSSR count). The first-order valence-electron chi connectivity index (χ1n) is 6.28. The van der Waals surface area contributed by atoms with E-state index in [-0.39, 0.29) is 4.21 Å². The maximum absolute atomic E-state index is 12.0. The zero-order valence-corrected chi connectivity index (χ0v) is 12.3. The number of thiophene rings is 1. The Labute approximate surface area is 121 Å². The van der Waals surface area contributed by atoms with Gasteiger partial charge in [-0.25, -0.2) is 18.4 Å². The van der Waals surface area contributed by atoms with Crippen LogP contribution < -0.4 is 9.62 Å². The lowest BCUT2D eigenvalue weighted by molar-refractivity contribution is 0.603. The van der Waals surface area contributed by atoms with Crippen LogP contribution in [0.4, 0.5) is 11.6 Å². The highest BCUT2D eigenvalue weighted by Crippen LogP contribution is 2.21. The molecule has 2 aromatic rings. The Morgan fingerprint density at radius 1 is 1.20 bits per heavy atom. The Bertz CT molecular complexity index is 662. The second-order valence-corrected chi connectivity index (χ2v) is 7.36. The number of nitrogens with zero attached hydrogens (tertiary/aromatic N) is 3. The van der Waals surface area contributed by atoms with E-state index in [0.717, 1.165) is 25.9 Å². The molecule has 6 nitrogen and oxygen atoms in total. The predicted octanol–water partition coefficient (Wildman–Crippen LogP) is 1.94. The van der Waals surface area contributed by atoms with E-state index in [2.05, 4.69) is 19.6 Å². The van der Waals surface area contributed by atoms with Crippen molar-refractivity contribution in [2.45, 2.75) is 17.1 Å². The average Bonchev–Trinajstić information content (AvgIpc) is 3.13. The van der Waals surface area contributed by atoms with Crippen molar-refractivity contribution in [1.29, 1.82) is 0 Å². The molecule has 106 valence electrons. The third-order valence-corrected chi connectivity index (χ3v) is 5.82. The molecule has 3 heterocycles. The quantitative estimate of drug-likeness (QED) is 0.934. The monoisotopic (exact) mass is 310 g/mol. The van der Waals surface area contributed by atoms with Gasteiger partial charge in [0.1, 0.15) is 4.21 Å². The molecule has 0 saturated carbocycles. The number of nitrogens with one attached hydrogen (secondary N) is 1. The average molecular weight is 310 g/mol. The van der Waals surface area contributed by atoms with Gasteiger partial charge in [-0.2, -0.15) is 0 Å². The van der Waals surface area contributed by atoms with Gasteiger partial charge in [-0.3, -0.25) is 4.72 Å². The summed E-state index contributed by atoms with van der Waals surface area (Å²) in [4.78, 5) is 10.5. The second kappa shape index (κ2) is 5.37. The molecular formula is C12H14N4O2S2. The lowest BCUT2D eigenvalue weighted by Crippen LogP contribution is -2.20. The summed E-state index contributed by atoms with van der Waals surface area (Å²) < 4.78 is 26.8. The third-order valence-electron chi connectivity index (χ3n) is 3.04. The zero-order chi connectivity index (χ0) is 14.0. The molecular weight excluding hydrogens is 296 g/mol. The first-order valence-corrected chi connectivity index (χ1v) is 8.65. The minimum Gasteiger partial charge on any atom is -0.341 e. The fourth-order valence-electron chi connectivity index (χ4n) is 2.08. The van der Waals surface area contributed by atoms with Gasteiger partial charge < -0.3 is 4.90 Å². The SMILES string of the molecule is O=S(=O)(Nc1cnc(N2CCCC2)nc1)c1cccs1. The highest BCUT2D eigenvalue weighted by molar-refractivity contribution is 7.94. The molecule has 1 N–H and O–H groups in total. The van der Waals surface area contributed by atoms with Crippen molar-refractivity contribution in [3.63, 3.8) is 0 Å². The van der Waals surface area contributed by atoms with Gasteiger partial charge in [0.15, 0.2) is 0 Å². The Morgan fingerprint density at radius 3 is 2.50 bits per heavy atom. The van der Waals surface area contributed by atoms with Crippen LogP contribution in [0.2, 0.25) is 0 Å². The molecule has 0 aliphatic carbocycles. The smallest absolute Gasteiger partial charge is 0.271 e. The maximum Gasteiger partial charge on any atom is 0.271 e. The van der Waals surface area contributed by atoms with Crippen LogP contribution in [0, 0.1) is 0 Å². The molecule has 8 heteroatoms. The number of sulfonamides is 1. The van der Waals surface area contributed by atoms with Gasteiger partial charge in [-0.1, -0.05) is 6.07 Å². The van der Waals surface area contributed by atoms with Crippen molar-refractivity contribution in [2.75, 3.05) is 22.7 Å². The molecule has 0 unspecified atom stereocenters. The van der Waals surface area contributed by atoms with E-state index in [1.54, 1.807) is 17.5 Å². The van der Waals surface area contributed by atoms with Crippen LogP contribution in [-0.2, 0) is 10.0 Å². The first kappa shape index (κ1) is 13.3. The van der Waals surface area contributed by atoms with Gasteiger partial charge in [0.2, 0.25) is 5.95 Å². The highest BCUT2D eigenvalue weighted by Gasteiger charge is 2.17. The van der Waals surface area contributed by atoms with E-state index in [9.17, 15) is 8.42 Å². The van der Waals surface area contributed by atoms with Crippen LogP contribution in [0.15, 0.2) is 34.1 Å². The van der Waals surface area contributed by atoms with Gasteiger partial charge in [-0.15, -0.1) is 11.3 Å². The van der Waals surface area contributed by atoms with Gasteiger partial charge in [0.25, 0.3) is 10.0 Å². The van der Waals surface area contributed by atoms with Crippen LogP contribution >= 0.6 is 11.3 Å². The van der Waals surface area contributed by atoms with E-state index in [1.807, 2.05) is 0 Å². The van der Waals surface area contributed by atoms with E-state index < -0.39 is 10.0 Å². The van der Waals surface area contributed by atoms with Gasteiger partial charge in [-0.05, 0) is 24.3 Å². The summed E-state index contributed by atoms with van der Waals surface area (Å²) in [6.07, 6.45) is 5.31. The molecule has 1 fully saturated rings. The summed E-state index contributed by atoms with van der Waals surface area (Å²) in [5.74, 6) is 0.654. The lowest BCUT2D eigenvalue weighted by Gasteiger charge is -2.14. The molecule has 20 heavy (non-hydrogen) atoms. The molecule has 0 amide bonds. The number of rotatable bonds is 4. The van der Waals surface area contributed by atoms with Gasteiger partial charge in [0, 0.05) is 13.1 Å². The summed E-state index contributed by atoms with van der Waals surface area (Å²) in [6, 6.07) is 3.26. The third kappa shape index (κ3) is 2.75. The molecule has 0 atom stereocenters. The number of aromatic nitrogens is 2. The summed E-state index contributed by atoms with van der Waals surface area (Å²) in [5, 5.41) is 1.72. The molecule has 1 aliphatic heterocycles. The van der Waals surface area contributed by atoms with Crippen LogP contribution in [0.3, 0.4) is 0 Å². The van der Waals surface area contributed by atoms with Crippen LogP contribution in [0.5, 0.6) is 0 Å². The number of hydrogen-bond acceptors (Lipinski definition) is 6. The minimum absolute atomic E-state index is 0.279. The maximum atomic E-state index is 12.0. The van der Waals surface area contributed by atoms with Gasteiger partial charge in [0.05, 0.1) is 18.1 Å². The van der Waals surface area contributed by atoms with Crippen molar-refractivity contribution in [1.82, 2.24) is 9.97 Å². The lowest BCUT2D eigenvalue weighted by atomic mass is 10.4. The van der Waals surface area contributed by atoms with Crippen molar-refractivity contribution >= 4 is 33.0 Å². The standard InChI is InChI=1S/C12H14N4O2S2/c17-20(18,11-4-3-7-19-11)15-10-8-13-12(14-9-10)16-5-1-2-6-16/h3-4,7-9,15H,1-2,5-6H2. The molecule has 0 aromatic carbocycles. The van der Waals surface area contributed by atoms with E-state index in [4.69, 9.17) is 0 Å². The number of anilines is 2. The van der Waals surface area contributed by atoms with E-state index >= 15 is 0 Å². The Morgan fingerprint density at radius 2 is 1.90 bits per heavy atom. The van der Waals surface area contributed by atoms with Crippen molar-refractivity contribution < 1.29 is 8.42 Å². The fraction of sp³-hybridized carbons (Fsp3) is 0.333. The Hall–Kier alpha value is -1.67. The first-order chi connectivity index (χ1) is 9.65. The summed E-state index contributed by atoms with van der Waals surface area (Å²) in [5.41, 5.74) is 0.376. The van der Waals surface area contributed by atoms with Crippen LogP contribution in [0.25, 0.3) is 0 Å². The highest BCUT2D eigenvalue weighted by atomic mass is 32.2. The topological polar surface area (TPSA) is 75.2 Å².